The van der Waals surface area contributed by atoms with Crippen LogP contribution in [0.25, 0.3) is 11.3 Å². The second-order valence-electron chi connectivity index (χ2n) is 3.90. The summed E-state index contributed by atoms with van der Waals surface area (Å²) in [6, 6.07) is 4.84. The first-order valence-electron chi connectivity index (χ1n) is 5.17. The average Bonchev–Trinajstić information content (AvgIpc) is 2.57. The molecule has 0 fully saturated rings. The highest BCUT2D eigenvalue weighted by atomic mass is 19.1. The SMILES string of the molecule is COc1cc(C)cc(F)c1-c1cc(N)n(C)n1. The van der Waals surface area contributed by atoms with Crippen LogP contribution in [0.3, 0.4) is 0 Å². The highest BCUT2D eigenvalue weighted by Crippen LogP contribution is 2.33. The van der Waals surface area contributed by atoms with Gasteiger partial charge in [-0.25, -0.2) is 4.39 Å². The third-order valence-corrected chi connectivity index (χ3v) is 2.59. The number of rotatable bonds is 2. The molecule has 0 saturated carbocycles. The zero-order chi connectivity index (χ0) is 12.6. The van der Waals surface area contributed by atoms with Gasteiger partial charge < -0.3 is 10.5 Å². The summed E-state index contributed by atoms with van der Waals surface area (Å²) in [4.78, 5) is 0. The lowest BCUT2D eigenvalue weighted by Crippen LogP contribution is -1.97. The number of anilines is 1. The van der Waals surface area contributed by atoms with E-state index in [9.17, 15) is 4.39 Å². The normalized spacial score (nSPS) is 10.6. The number of hydrogen-bond acceptors (Lipinski definition) is 3. The van der Waals surface area contributed by atoms with Gasteiger partial charge in [-0.15, -0.1) is 0 Å². The fraction of sp³-hybridized carbons (Fsp3) is 0.250. The number of aromatic nitrogens is 2. The van der Waals surface area contributed by atoms with Crippen LogP contribution in [-0.2, 0) is 7.05 Å². The number of nitrogens with two attached hydrogens (primary N) is 1. The maximum absolute atomic E-state index is 14.0. The molecular formula is C12H14FN3O. The van der Waals surface area contributed by atoms with Crippen molar-refractivity contribution in [1.82, 2.24) is 9.78 Å². The maximum atomic E-state index is 14.0. The molecule has 0 bridgehead atoms. The first-order valence-corrected chi connectivity index (χ1v) is 5.17. The van der Waals surface area contributed by atoms with Crippen molar-refractivity contribution >= 4 is 5.82 Å². The molecule has 0 spiro atoms. The van der Waals surface area contributed by atoms with Crippen LogP contribution < -0.4 is 10.5 Å². The van der Waals surface area contributed by atoms with Crippen LogP contribution in [0.4, 0.5) is 10.2 Å². The first kappa shape index (κ1) is 11.4. The van der Waals surface area contributed by atoms with E-state index in [-0.39, 0.29) is 5.82 Å². The summed E-state index contributed by atoms with van der Waals surface area (Å²) in [5.41, 5.74) is 7.29. The highest BCUT2D eigenvalue weighted by molar-refractivity contribution is 5.70. The fourth-order valence-electron chi connectivity index (χ4n) is 1.72. The van der Waals surface area contributed by atoms with Gasteiger partial charge in [0, 0.05) is 13.1 Å². The Morgan fingerprint density at radius 2 is 2.06 bits per heavy atom. The number of hydrogen-bond donors (Lipinski definition) is 1. The van der Waals surface area contributed by atoms with Crippen LogP contribution in [-0.4, -0.2) is 16.9 Å². The summed E-state index contributed by atoms with van der Waals surface area (Å²) in [5, 5.41) is 4.15. The van der Waals surface area contributed by atoms with E-state index in [1.807, 2.05) is 6.92 Å². The summed E-state index contributed by atoms with van der Waals surface area (Å²) in [7, 11) is 3.21. The molecule has 1 aromatic carbocycles. The lowest BCUT2D eigenvalue weighted by Gasteiger charge is -2.08. The summed E-state index contributed by atoms with van der Waals surface area (Å²) in [6.45, 7) is 1.81. The van der Waals surface area contributed by atoms with Crippen LogP contribution in [0.15, 0.2) is 18.2 Å². The Morgan fingerprint density at radius 1 is 1.35 bits per heavy atom. The molecule has 5 heteroatoms. The Hall–Kier alpha value is -2.04. The van der Waals surface area contributed by atoms with Crippen LogP contribution >= 0.6 is 0 Å². The number of nitrogen functional groups attached to an aromatic ring is 1. The summed E-state index contributed by atoms with van der Waals surface area (Å²) < 4.78 is 20.6. The van der Waals surface area contributed by atoms with E-state index >= 15 is 0 Å². The molecule has 0 radical (unpaired) electrons. The standard InChI is InChI=1S/C12H14FN3O/c1-7-4-8(13)12(10(5-7)17-3)9-6-11(14)16(2)15-9/h4-6H,14H2,1-3H3. The molecule has 17 heavy (non-hydrogen) atoms. The predicted molar refractivity (Wildman–Crippen MR) is 64.3 cm³/mol. The molecule has 4 nitrogen and oxygen atoms in total. The molecule has 0 amide bonds. The van der Waals surface area contributed by atoms with Gasteiger partial charge in [0.1, 0.15) is 23.1 Å². The lowest BCUT2D eigenvalue weighted by atomic mass is 10.1. The zero-order valence-corrected chi connectivity index (χ0v) is 9.99. The summed E-state index contributed by atoms with van der Waals surface area (Å²) >= 11 is 0. The van der Waals surface area contributed by atoms with Crippen molar-refractivity contribution in [3.05, 3.63) is 29.6 Å². The third kappa shape index (κ3) is 1.95. The second-order valence-corrected chi connectivity index (χ2v) is 3.90. The van der Waals surface area contributed by atoms with Crippen LogP contribution in [0.2, 0.25) is 0 Å². The molecule has 2 rings (SSSR count). The monoisotopic (exact) mass is 235 g/mol. The van der Waals surface area contributed by atoms with Crippen LogP contribution in [0.5, 0.6) is 5.75 Å². The molecule has 0 aliphatic rings. The van der Waals surface area contributed by atoms with E-state index in [1.165, 1.54) is 17.9 Å². The van der Waals surface area contributed by atoms with Crippen molar-refractivity contribution in [2.45, 2.75) is 6.92 Å². The number of benzene rings is 1. The van der Waals surface area contributed by atoms with Gasteiger partial charge in [0.2, 0.25) is 0 Å². The van der Waals surface area contributed by atoms with Gasteiger partial charge in [0.15, 0.2) is 0 Å². The number of nitrogens with zero attached hydrogens (tertiary/aromatic N) is 2. The summed E-state index contributed by atoms with van der Waals surface area (Å²) in [6.07, 6.45) is 0. The highest BCUT2D eigenvalue weighted by Gasteiger charge is 2.16. The number of ether oxygens (including phenoxy) is 1. The van der Waals surface area contributed by atoms with E-state index in [1.54, 1.807) is 19.2 Å². The van der Waals surface area contributed by atoms with Crippen LogP contribution in [0, 0.1) is 12.7 Å². The van der Waals surface area contributed by atoms with Gasteiger partial charge >= 0.3 is 0 Å². The smallest absolute Gasteiger partial charge is 0.136 e. The fourth-order valence-corrected chi connectivity index (χ4v) is 1.72. The number of methoxy groups -OCH3 is 1. The Balaban J connectivity index is 2.65. The van der Waals surface area contributed by atoms with Gasteiger partial charge in [0.05, 0.1) is 12.7 Å². The maximum Gasteiger partial charge on any atom is 0.136 e. The Bertz CT molecular complexity index is 544. The molecule has 0 saturated heterocycles. The first-order chi connectivity index (χ1) is 8.02. The minimum absolute atomic E-state index is 0.338. The predicted octanol–water partition coefficient (Wildman–Crippen LogP) is 2.13. The van der Waals surface area contributed by atoms with E-state index in [4.69, 9.17) is 10.5 Å². The molecule has 2 N–H and O–H groups in total. The van der Waals surface area contributed by atoms with Crippen molar-refractivity contribution in [2.75, 3.05) is 12.8 Å². The minimum atomic E-state index is -0.361. The summed E-state index contributed by atoms with van der Waals surface area (Å²) in [5.74, 6) is 0.572. The second kappa shape index (κ2) is 4.08. The quantitative estimate of drug-likeness (QED) is 0.867. The topological polar surface area (TPSA) is 53.1 Å². The Morgan fingerprint density at radius 3 is 2.59 bits per heavy atom. The molecule has 1 aromatic heterocycles. The van der Waals surface area contributed by atoms with E-state index in [0.29, 0.717) is 22.8 Å². The largest absolute Gasteiger partial charge is 0.496 e. The van der Waals surface area contributed by atoms with E-state index in [2.05, 4.69) is 5.10 Å². The molecule has 0 aliphatic carbocycles. The molecule has 0 atom stereocenters. The van der Waals surface area contributed by atoms with E-state index < -0.39 is 0 Å². The van der Waals surface area contributed by atoms with Gasteiger partial charge in [-0.05, 0) is 24.6 Å². The van der Waals surface area contributed by atoms with Crippen molar-refractivity contribution in [3.63, 3.8) is 0 Å². The average molecular weight is 235 g/mol. The number of halogens is 1. The Labute approximate surface area is 98.8 Å². The van der Waals surface area contributed by atoms with Crippen LogP contribution in [0.1, 0.15) is 5.56 Å². The molecule has 90 valence electrons. The molecule has 2 aromatic rings. The van der Waals surface area contributed by atoms with Crippen molar-refractivity contribution < 1.29 is 9.13 Å². The van der Waals surface area contributed by atoms with Crippen molar-refractivity contribution in [2.24, 2.45) is 7.05 Å². The van der Waals surface area contributed by atoms with Crippen molar-refractivity contribution in [3.8, 4) is 17.0 Å². The Kier molecular flexibility index (Phi) is 2.75. The van der Waals surface area contributed by atoms with Gasteiger partial charge in [0.25, 0.3) is 0 Å². The minimum Gasteiger partial charge on any atom is -0.496 e. The van der Waals surface area contributed by atoms with Gasteiger partial charge in [-0.1, -0.05) is 0 Å². The molecule has 1 heterocycles. The molecule has 0 unspecified atom stereocenters. The van der Waals surface area contributed by atoms with E-state index in [0.717, 1.165) is 5.56 Å². The molecular weight excluding hydrogens is 221 g/mol. The lowest BCUT2D eigenvalue weighted by molar-refractivity contribution is 0.413. The van der Waals surface area contributed by atoms with Crippen molar-refractivity contribution in [1.29, 1.82) is 0 Å². The number of aryl methyl sites for hydroxylation is 2. The molecule has 0 aliphatic heterocycles. The van der Waals surface area contributed by atoms with Gasteiger partial charge in [-0.3, -0.25) is 4.68 Å². The zero-order valence-electron chi connectivity index (χ0n) is 9.99. The van der Waals surface area contributed by atoms with Gasteiger partial charge in [-0.2, -0.15) is 5.10 Å². The third-order valence-electron chi connectivity index (χ3n) is 2.59.